The van der Waals surface area contributed by atoms with Crippen molar-refractivity contribution < 1.29 is 0 Å². The molecule has 20 heteroatoms. The van der Waals surface area contributed by atoms with Gasteiger partial charge in [0.25, 0.3) is 23.6 Å². The molecule has 2 aliphatic rings. The normalized spacial score (nSPS) is 34.5. The molecule has 0 radical (unpaired) electrons. The summed E-state index contributed by atoms with van der Waals surface area (Å²) in [5.74, 6) is -12.7. The Bertz CT molecular complexity index is 871. The van der Waals surface area contributed by atoms with Crippen LogP contribution < -0.4 is 0 Å². The van der Waals surface area contributed by atoms with E-state index in [2.05, 4.69) is 9.03 Å². The molecule has 2 aliphatic heterocycles. The first-order chi connectivity index (χ1) is 12.6. The molecule has 0 bridgehead atoms. The van der Waals surface area contributed by atoms with Crippen LogP contribution in [0.1, 0.15) is 39.5 Å². The monoisotopic (exact) mass is 664 g/mol. The molecule has 2 atom stereocenters. The van der Waals surface area contributed by atoms with Gasteiger partial charge in [-0.2, -0.15) is 9.03 Å². The van der Waals surface area contributed by atoms with Gasteiger partial charge in [0.1, 0.15) is 13.8 Å². The molecule has 0 spiro atoms. The van der Waals surface area contributed by atoms with Crippen molar-refractivity contribution in [1.29, 1.82) is 0 Å². The Labute approximate surface area is 204 Å². The smallest absolute Gasteiger partial charge is 0.206 e. The molecule has 0 aromatic carbocycles. The highest BCUT2D eigenvalue weighted by Crippen LogP contribution is 3.02. The van der Waals surface area contributed by atoms with Gasteiger partial charge >= 0.3 is 0 Å². The first kappa shape index (κ1) is 27.9. The summed E-state index contributed by atoms with van der Waals surface area (Å²) in [4.78, 5) is 0. The molecule has 0 fully saturated rings. The van der Waals surface area contributed by atoms with E-state index in [1.165, 1.54) is 0 Å². The van der Waals surface area contributed by atoms with Crippen LogP contribution in [0, 0.1) is 0 Å². The van der Waals surface area contributed by atoms with Crippen molar-refractivity contribution in [2.24, 2.45) is 27.1 Å². The van der Waals surface area contributed by atoms with Crippen molar-refractivity contribution >= 4 is 127 Å². The summed E-state index contributed by atoms with van der Waals surface area (Å²) in [6, 6.07) is 0. The maximum absolute atomic E-state index is 6.44. The van der Waals surface area contributed by atoms with Gasteiger partial charge in [0.15, 0.2) is 0 Å². The highest BCUT2D eigenvalue weighted by atomic mass is 35.9. The number of rotatable bonds is 7. The quantitative estimate of drug-likeness (QED) is 0.242. The Balaban J connectivity index is 3.03. The van der Waals surface area contributed by atoms with Crippen LogP contribution in [0.15, 0.2) is 27.1 Å². The Morgan fingerprint density at radius 2 is 0.750 bits per heavy atom. The topological polar surface area (TPSA) is 74.2 Å². The van der Waals surface area contributed by atoms with Gasteiger partial charge < -0.3 is 0 Å². The van der Waals surface area contributed by atoms with Crippen LogP contribution in [0.5, 0.6) is 0 Å². The van der Waals surface area contributed by atoms with E-state index >= 15 is 0 Å². The van der Waals surface area contributed by atoms with Crippen LogP contribution >= 0.6 is 127 Å². The van der Waals surface area contributed by atoms with E-state index < -0.39 is 37.4 Å². The van der Waals surface area contributed by atoms with Crippen LogP contribution in [-0.2, 0) is 0 Å². The van der Waals surface area contributed by atoms with E-state index in [4.69, 9.17) is 108 Å². The molecule has 2 rings (SSSR count). The van der Waals surface area contributed by atoms with Crippen molar-refractivity contribution in [3.63, 3.8) is 0 Å². The number of hydrogen-bond donors (Lipinski definition) is 0. The Kier molecular flexibility index (Phi) is 10.1. The summed E-state index contributed by atoms with van der Waals surface area (Å²) < 4.78 is 27.2. The lowest BCUT2D eigenvalue weighted by atomic mass is 10.4. The van der Waals surface area contributed by atoms with Gasteiger partial charge in [0, 0.05) is 12.3 Å². The SMILES string of the molecule is CCCCP1(P2(CCCC)=NP(Cl)(Cl)=NP(Cl)(Cl)=N2)=NP(Cl)(Cl)=NP(Cl)(Cl)=N1. The molecule has 0 aromatic rings. The molecule has 0 saturated heterocycles. The second-order valence-electron chi connectivity index (χ2n) is 5.90. The molecule has 2 heterocycles. The van der Waals surface area contributed by atoms with Crippen LogP contribution in [0.4, 0.5) is 0 Å². The summed E-state index contributed by atoms with van der Waals surface area (Å²) in [7, 11) is 0. The van der Waals surface area contributed by atoms with E-state index in [1.807, 2.05) is 13.8 Å². The number of unbranched alkanes of at least 4 members (excludes halogenated alkanes) is 2. The fraction of sp³-hybridized carbons (Fsp3) is 1.00. The largest absolute Gasteiger partial charge is 0.256 e. The average Bonchev–Trinajstić information content (AvgIpc) is 2.44. The third-order valence-corrected chi connectivity index (χ3v) is 34.8. The average molecular weight is 668 g/mol. The van der Waals surface area contributed by atoms with Crippen molar-refractivity contribution in [2.45, 2.75) is 39.5 Å². The van der Waals surface area contributed by atoms with Crippen molar-refractivity contribution in [3.8, 4) is 0 Å². The highest BCUT2D eigenvalue weighted by Gasteiger charge is 2.48. The first-order valence-corrected chi connectivity index (χ1v) is 26.5. The zero-order valence-electron chi connectivity index (χ0n) is 14.6. The van der Waals surface area contributed by atoms with Crippen molar-refractivity contribution in [2.75, 3.05) is 12.3 Å². The lowest BCUT2D eigenvalue weighted by Gasteiger charge is -2.37. The minimum absolute atomic E-state index is 0.521. The summed E-state index contributed by atoms with van der Waals surface area (Å²) in [6.45, 7) is -1.68. The molecular formula is C8H18Cl8N6P6. The van der Waals surface area contributed by atoms with Gasteiger partial charge in [-0.25, -0.2) is 18.1 Å². The van der Waals surface area contributed by atoms with Gasteiger partial charge in [0.2, 0.25) is 0 Å². The predicted molar refractivity (Wildman–Crippen MR) is 142 cm³/mol. The fourth-order valence-corrected chi connectivity index (χ4v) is 51.1. The molecule has 2 unspecified atom stereocenters. The van der Waals surface area contributed by atoms with Gasteiger partial charge in [-0.15, -0.1) is 0 Å². The Hall–Kier alpha value is 3.70. The molecule has 0 aliphatic carbocycles. The van der Waals surface area contributed by atoms with Gasteiger partial charge in [-0.1, -0.05) is 26.7 Å². The van der Waals surface area contributed by atoms with Crippen LogP contribution in [-0.4, -0.2) is 12.3 Å². The van der Waals surface area contributed by atoms with Gasteiger partial charge in [-0.05, 0) is 103 Å². The zero-order valence-corrected chi connectivity index (χ0v) is 26.0. The summed E-state index contributed by atoms with van der Waals surface area (Å²) >= 11 is 51.6. The fourth-order valence-electron chi connectivity index (χ4n) is 2.55. The van der Waals surface area contributed by atoms with Crippen LogP contribution in [0.3, 0.4) is 0 Å². The third-order valence-electron chi connectivity index (χ3n) is 3.57. The van der Waals surface area contributed by atoms with E-state index in [-0.39, 0.29) is 0 Å². The predicted octanol–water partition coefficient (Wildman–Crippen LogP) is 14.5. The van der Waals surface area contributed by atoms with Crippen molar-refractivity contribution in [1.82, 2.24) is 0 Å². The van der Waals surface area contributed by atoms with Gasteiger partial charge in [0.05, 0.1) is 0 Å². The second-order valence-corrected chi connectivity index (χ2v) is 34.7. The maximum atomic E-state index is 6.44. The number of nitrogens with zero attached hydrogens (tertiary/aromatic N) is 6. The van der Waals surface area contributed by atoms with Crippen LogP contribution in [0.2, 0.25) is 0 Å². The van der Waals surface area contributed by atoms with Crippen LogP contribution in [0.25, 0.3) is 0 Å². The van der Waals surface area contributed by atoms with E-state index in [1.54, 1.807) is 0 Å². The summed E-state index contributed by atoms with van der Waals surface area (Å²) in [5, 5.41) is 0. The molecule has 166 valence electrons. The molecule has 0 N–H and O–H groups in total. The lowest BCUT2D eigenvalue weighted by Crippen LogP contribution is -1.96. The summed E-state index contributed by atoms with van der Waals surface area (Å²) in [6.07, 6.45) is 4.33. The molecule has 6 nitrogen and oxygen atoms in total. The molecular weight excluding hydrogens is 650 g/mol. The summed E-state index contributed by atoms with van der Waals surface area (Å²) in [5.41, 5.74) is 0. The number of halogens is 8. The third kappa shape index (κ3) is 7.10. The van der Waals surface area contributed by atoms with E-state index in [0.717, 1.165) is 25.7 Å². The molecule has 0 amide bonds. The minimum Gasteiger partial charge on any atom is -0.206 e. The van der Waals surface area contributed by atoms with Crippen molar-refractivity contribution in [3.05, 3.63) is 0 Å². The van der Waals surface area contributed by atoms with Gasteiger partial charge in [-0.3, -0.25) is 0 Å². The maximum Gasteiger partial charge on any atom is 0.256 e. The standard InChI is InChI=1S/C8H18Cl8N6P6/c1-3-5-7-23(17-25(9,10)21-26(11,12)18-23)24(8-6-4-2)19-27(13,14)22-28(15,16)20-24/h3-8H2,1-2H3. The lowest BCUT2D eigenvalue weighted by molar-refractivity contribution is 0.885. The second kappa shape index (κ2) is 10.1. The Morgan fingerprint density at radius 3 is 1.00 bits per heavy atom. The first-order valence-electron chi connectivity index (χ1n) is 8.00. The minimum atomic E-state index is -3.18. The zero-order chi connectivity index (χ0) is 21.5. The van der Waals surface area contributed by atoms with E-state index in [9.17, 15) is 0 Å². The number of hydrogen-bond acceptors (Lipinski definition) is 6. The molecule has 0 aromatic heterocycles. The molecule has 28 heavy (non-hydrogen) atoms. The highest BCUT2D eigenvalue weighted by molar-refractivity contribution is 8.44. The van der Waals surface area contributed by atoms with E-state index in [0.29, 0.717) is 12.3 Å². The Morgan fingerprint density at radius 1 is 0.464 bits per heavy atom. The molecule has 0 saturated carbocycles.